The van der Waals surface area contributed by atoms with Crippen LogP contribution in [-0.2, 0) is 13.0 Å². The maximum Gasteiger partial charge on any atom is 0.0928 e. The van der Waals surface area contributed by atoms with E-state index in [4.69, 9.17) is 0 Å². The summed E-state index contributed by atoms with van der Waals surface area (Å²) in [6.07, 6.45) is 4.38. The van der Waals surface area contributed by atoms with E-state index in [0.29, 0.717) is 0 Å². The quantitative estimate of drug-likeness (QED) is 0.784. The van der Waals surface area contributed by atoms with Crippen molar-refractivity contribution in [3.63, 3.8) is 0 Å². The monoisotopic (exact) mass is 212 g/mol. The highest BCUT2D eigenvalue weighted by Gasteiger charge is 2.02. The SMILES string of the molecule is CCNCc1cnc(CCC(C)C)s1. The van der Waals surface area contributed by atoms with Crippen molar-refractivity contribution in [2.24, 2.45) is 5.92 Å². The van der Waals surface area contributed by atoms with Crippen LogP contribution in [0.2, 0.25) is 0 Å². The first-order chi connectivity index (χ1) is 6.72. The van der Waals surface area contributed by atoms with Gasteiger partial charge in [-0.25, -0.2) is 4.98 Å². The predicted octanol–water partition coefficient (Wildman–Crippen LogP) is 2.84. The minimum Gasteiger partial charge on any atom is -0.312 e. The van der Waals surface area contributed by atoms with Crippen molar-refractivity contribution in [1.82, 2.24) is 10.3 Å². The lowest BCUT2D eigenvalue weighted by Crippen LogP contribution is -2.10. The van der Waals surface area contributed by atoms with E-state index in [2.05, 4.69) is 31.1 Å². The second-order valence-electron chi connectivity index (χ2n) is 3.93. The average molecular weight is 212 g/mol. The largest absolute Gasteiger partial charge is 0.312 e. The minimum absolute atomic E-state index is 0.774. The molecule has 1 aromatic rings. The molecule has 0 aliphatic carbocycles. The van der Waals surface area contributed by atoms with Crippen molar-refractivity contribution in [3.8, 4) is 0 Å². The Hall–Kier alpha value is -0.410. The van der Waals surface area contributed by atoms with Gasteiger partial charge < -0.3 is 5.32 Å². The summed E-state index contributed by atoms with van der Waals surface area (Å²) in [5.41, 5.74) is 0. The zero-order valence-corrected chi connectivity index (χ0v) is 10.2. The molecule has 1 aromatic heterocycles. The van der Waals surface area contributed by atoms with Gasteiger partial charge in [0, 0.05) is 17.6 Å². The van der Waals surface area contributed by atoms with Crippen molar-refractivity contribution in [2.75, 3.05) is 6.54 Å². The van der Waals surface area contributed by atoms with Gasteiger partial charge in [0.2, 0.25) is 0 Å². The number of aromatic nitrogens is 1. The number of hydrogen-bond acceptors (Lipinski definition) is 3. The third-order valence-electron chi connectivity index (χ3n) is 2.09. The van der Waals surface area contributed by atoms with Crippen LogP contribution in [0.15, 0.2) is 6.20 Å². The highest BCUT2D eigenvalue weighted by atomic mass is 32.1. The van der Waals surface area contributed by atoms with Crippen molar-refractivity contribution in [2.45, 2.75) is 40.2 Å². The molecule has 14 heavy (non-hydrogen) atoms. The third-order valence-corrected chi connectivity index (χ3v) is 3.14. The van der Waals surface area contributed by atoms with Crippen LogP contribution in [0.25, 0.3) is 0 Å². The van der Waals surface area contributed by atoms with E-state index in [1.165, 1.54) is 16.3 Å². The maximum atomic E-state index is 4.42. The molecular weight excluding hydrogens is 192 g/mol. The van der Waals surface area contributed by atoms with Gasteiger partial charge in [0.05, 0.1) is 5.01 Å². The first-order valence-corrected chi connectivity index (χ1v) is 6.18. The molecule has 0 amide bonds. The van der Waals surface area contributed by atoms with Gasteiger partial charge in [-0.2, -0.15) is 0 Å². The van der Waals surface area contributed by atoms with Gasteiger partial charge in [-0.1, -0.05) is 20.8 Å². The second kappa shape index (κ2) is 6.14. The van der Waals surface area contributed by atoms with Crippen LogP contribution in [0, 0.1) is 5.92 Å². The summed E-state index contributed by atoms with van der Waals surface area (Å²) in [6, 6.07) is 0. The van der Waals surface area contributed by atoms with E-state index in [9.17, 15) is 0 Å². The Morgan fingerprint density at radius 3 is 2.93 bits per heavy atom. The normalized spacial score (nSPS) is 11.1. The van der Waals surface area contributed by atoms with E-state index < -0.39 is 0 Å². The van der Waals surface area contributed by atoms with Gasteiger partial charge in [0.1, 0.15) is 0 Å². The molecule has 0 saturated heterocycles. The lowest BCUT2D eigenvalue weighted by Gasteiger charge is -2.00. The van der Waals surface area contributed by atoms with Crippen molar-refractivity contribution in [1.29, 1.82) is 0 Å². The van der Waals surface area contributed by atoms with E-state index in [1.807, 2.05) is 17.5 Å². The standard InChI is InChI=1S/C11H20N2S/c1-4-12-7-10-8-13-11(14-10)6-5-9(2)3/h8-9,12H,4-7H2,1-3H3. The fraction of sp³-hybridized carbons (Fsp3) is 0.727. The van der Waals surface area contributed by atoms with E-state index >= 15 is 0 Å². The van der Waals surface area contributed by atoms with Gasteiger partial charge in [-0.15, -0.1) is 11.3 Å². The van der Waals surface area contributed by atoms with Crippen LogP contribution in [-0.4, -0.2) is 11.5 Å². The smallest absolute Gasteiger partial charge is 0.0928 e. The molecule has 0 spiro atoms. The number of nitrogens with zero attached hydrogens (tertiary/aromatic N) is 1. The Kier molecular flexibility index (Phi) is 5.12. The molecular formula is C11H20N2S. The van der Waals surface area contributed by atoms with Gasteiger partial charge in [0.25, 0.3) is 0 Å². The average Bonchev–Trinajstić information content (AvgIpc) is 2.59. The Morgan fingerprint density at radius 2 is 2.29 bits per heavy atom. The van der Waals surface area contributed by atoms with E-state index in [-0.39, 0.29) is 0 Å². The molecule has 0 bridgehead atoms. The fourth-order valence-electron chi connectivity index (χ4n) is 1.21. The molecule has 0 fully saturated rings. The molecule has 0 unspecified atom stereocenters. The Morgan fingerprint density at radius 1 is 1.50 bits per heavy atom. The lowest BCUT2D eigenvalue weighted by atomic mass is 10.1. The molecule has 2 nitrogen and oxygen atoms in total. The van der Waals surface area contributed by atoms with Gasteiger partial charge in [0.15, 0.2) is 0 Å². The molecule has 1 rings (SSSR count). The summed E-state index contributed by atoms with van der Waals surface area (Å²) in [5.74, 6) is 0.774. The summed E-state index contributed by atoms with van der Waals surface area (Å²) >= 11 is 1.84. The van der Waals surface area contributed by atoms with Crippen LogP contribution >= 0.6 is 11.3 Å². The lowest BCUT2D eigenvalue weighted by molar-refractivity contribution is 0.585. The molecule has 0 saturated carbocycles. The highest BCUT2D eigenvalue weighted by Crippen LogP contribution is 2.16. The molecule has 80 valence electrons. The van der Waals surface area contributed by atoms with Gasteiger partial charge >= 0.3 is 0 Å². The molecule has 0 aromatic carbocycles. The van der Waals surface area contributed by atoms with E-state index in [1.54, 1.807) is 0 Å². The maximum absolute atomic E-state index is 4.42. The zero-order chi connectivity index (χ0) is 10.4. The third kappa shape index (κ3) is 4.20. The first kappa shape index (κ1) is 11.7. The van der Waals surface area contributed by atoms with Crippen molar-refractivity contribution >= 4 is 11.3 Å². The van der Waals surface area contributed by atoms with Crippen LogP contribution in [0.4, 0.5) is 0 Å². The van der Waals surface area contributed by atoms with E-state index in [0.717, 1.165) is 25.4 Å². The number of thiazole rings is 1. The number of rotatable bonds is 6. The fourth-order valence-corrected chi connectivity index (χ4v) is 2.11. The number of nitrogens with one attached hydrogen (secondary N) is 1. The Bertz CT molecular complexity index is 256. The molecule has 0 aliphatic rings. The van der Waals surface area contributed by atoms with Gasteiger partial charge in [-0.05, 0) is 25.3 Å². The zero-order valence-electron chi connectivity index (χ0n) is 9.34. The Labute approximate surface area is 90.8 Å². The molecule has 3 heteroatoms. The van der Waals surface area contributed by atoms with Crippen LogP contribution in [0.1, 0.15) is 37.1 Å². The van der Waals surface area contributed by atoms with Crippen molar-refractivity contribution in [3.05, 3.63) is 16.1 Å². The van der Waals surface area contributed by atoms with Gasteiger partial charge in [-0.3, -0.25) is 0 Å². The summed E-state index contributed by atoms with van der Waals surface area (Å²) < 4.78 is 0. The second-order valence-corrected chi connectivity index (χ2v) is 5.13. The topological polar surface area (TPSA) is 24.9 Å². The summed E-state index contributed by atoms with van der Waals surface area (Å²) in [4.78, 5) is 5.77. The Balaban J connectivity index is 2.35. The van der Waals surface area contributed by atoms with Crippen LogP contribution in [0.3, 0.4) is 0 Å². The molecule has 0 radical (unpaired) electrons. The minimum atomic E-state index is 0.774. The van der Waals surface area contributed by atoms with Crippen LogP contribution in [0.5, 0.6) is 0 Å². The summed E-state index contributed by atoms with van der Waals surface area (Å²) in [5, 5.41) is 4.60. The summed E-state index contributed by atoms with van der Waals surface area (Å²) in [7, 11) is 0. The molecule has 1 heterocycles. The summed E-state index contributed by atoms with van der Waals surface area (Å²) in [6.45, 7) is 8.64. The van der Waals surface area contributed by atoms with Crippen LogP contribution < -0.4 is 5.32 Å². The number of hydrogen-bond donors (Lipinski definition) is 1. The first-order valence-electron chi connectivity index (χ1n) is 5.36. The molecule has 0 atom stereocenters. The highest BCUT2D eigenvalue weighted by molar-refractivity contribution is 7.11. The predicted molar refractivity (Wildman–Crippen MR) is 62.7 cm³/mol. The molecule has 1 N–H and O–H groups in total. The molecule has 0 aliphatic heterocycles. The van der Waals surface area contributed by atoms with Crippen molar-refractivity contribution < 1.29 is 0 Å². The number of aryl methyl sites for hydroxylation is 1.